The number of fused-ring (bicyclic) bond motifs is 1. The van der Waals surface area contributed by atoms with Gasteiger partial charge < -0.3 is 5.32 Å². The van der Waals surface area contributed by atoms with Gasteiger partial charge in [0.15, 0.2) is 11.5 Å². The van der Waals surface area contributed by atoms with Gasteiger partial charge in [-0.3, -0.25) is 9.20 Å². The molecule has 0 bridgehead atoms. The summed E-state index contributed by atoms with van der Waals surface area (Å²) in [5.74, 6) is 0.000930. The number of hydrogen-bond donors (Lipinski definition) is 2. The van der Waals surface area contributed by atoms with Gasteiger partial charge in [0.2, 0.25) is 5.91 Å². The maximum Gasteiger partial charge on any atom is 0.350 e. The molecule has 3 rings (SSSR count). The van der Waals surface area contributed by atoms with Crippen LogP contribution < -0.4 is 11.0 Å². The van der Waals surface area contributed by atoms with Crippen molar-refractivity contribution in [3.63, 3.8) is 0 Å². The van der Waals surface area contributed by atoms with Gasteiger partial charge in [-0.15, -0.1) is 15.3 Å². The number of hydrogen-bond acceptors (Lipinski definition) is 6. The van der Waals surface area contributed by atoms with Crippen molar-refractivity contribution in [3.8, 4) is 0 Å². The number of aromatic amines is 1. The average Bonchev–Trinajstić information content (AvgIpc) is 3.07. The molecule has 0 saturated carbocycles. The standard InChI is InChI=1S/C10H10N8O2/c19-9(11-5-7-12-15-16-13-7)6-18-10(20)17-4-2-1-3-8(17)14-18/h1-4H,5-6H2,(H,11,19)(H,12,13,15,16). The molecule has 2 N–H and O–H groups in total. The maximum atomic E-state index is 11.9. The summed E-state index contributed by atoms with van der Waals surface area (Å²) in [6, 6.07) is 5.17. The Balaban J connectivity index is 1.71. The van der Waals surface area contributed by atoms with Gasteiger partial charge in [0.1, 0.15) is 6.54 Å². The first-order chi connectivity index (χ1) is 9.74. The van der Waals surface area contributed by atoms with Crippen LogP contribution in [0.2, 0.25) is 0 Å². The molecule has 20 heavy (non-hydrogen) atoms. The Bertz CT molecular complexity index is 787. The normalized spacial score (nSPS) is 10.8. The van der Waals surface area contributed by atoms with Crippen LogP contribution >= 0.6 is 0 Å². The highest BCUT2D eigenvalue weighted by molar-refractivity contribution is 5.75. The summed E-state index contributed by atoms with van der Waals surface area (Å²) >= 11 is 0. The number of tetrazole rings is 1. The maximum absolute atomic E-state index is 11.9. The van der Waals surface area contributed by atoms with Crippen molar-refractivity contribution in [2.45, 2.75) is 13.1 Å². The van der Waals surface area contributed by atoms with E-state index in [1.807, 2.05) is 0 Å². The molecule has 0 spiro atoms. The van der Waals surface area contributed by atoms with Gasteiger partial charge in [-0.1, -0.05) is 11.3 Å². The minimum Gasteiger partial charge on any atom is -0.347 e. The second-order valence-corrected chi connectivity index (χ2v) is 3.97. The summed E-state index contributed by atoms with van der Waals surface area (Å²) in [6.07, 6.45) is 1.60. The summed E-state index contributed by atoms with van der Waals surface area (Å²) in [7, 11) is 0. The fourth-order valence-corrected chi connectivity index (χ4v) is 1.70. The third-order valence-corrected chi connectivity index (χ3v) is 2.61. The summed E-state index contributed by atoms with van der Waals surface area (Å²) in [5, 5.41) is 19.7. The summed E-state index contributed by atoms with van der Waals surface area (Å²) < 4.78 is 2.47. The predicted molar refractivity (Wildman–Crippen MR) is 65.5 cm³/mol. The molecule has 0 aliphatic carbocycles. The highest BCUT2D eigenvalue weighted by Crippen LogP contribution is 1.94. The fraction of sp³-hybridized carbons (Fsp3) is 0.200. The van der Waals surface area contributed by atoms with Crippen molar-refractivity contribution < 1.29 is 4.79 Å². The molecule has 3 heterocycles. The van der Waals surface area contributed by atoms with E-state index in [1.54, 1.807) is 24.4 Å². The van der Waals surface area contributed by atoms with Gasteiger partial charge in [0.25, 0.3) is 0 Å². The van der Waals surface area contributed by atoms with Crippen LogP contribution in [0.1, 0.15) is 5.82 Å². The lowest BCUT2D eigenvalue weighted by Crippen LogP contribution is -2.32. The molecule has 1 amide bonds. The van der Waals surface area contributed by atoms with Gasteiger partial charge in [-0.25, -0.2) is 9.48 Å². The Morgan fingerprint density at radius 3 is 3.05 bits per heavy atom. The van der Waals surface area contributed by atoms with E-state index in [1.165, 1.54) is 4.40 Å². The third kappa shape index (κ3) is 2.25. The lowest BCUT2D eigenvalue weighted by atomic mass is 10.5. The first-order valence-electron chi connectivity index (χ1n) is 5.77. The van der Waals surface area contributed by atoms with Gasteiger partial charge in [0, 0.05) is 6.20 Å². The average molecular weight is 274 g/mol. The lowest BCUT2D eigenvalue weighted by Gasteiger charge is -2.00. The van der Waals surface area contributed by atoms with Crippen LogP contribution in [0.3, 0.4) is 0 Å². The van der Waals surface area contributed by atoms with Crippen molar-refractivity contribution in [1.82, 2.24) is 40.1 Å². The number of amides is 1. The molecule has 3 aromatic heterocycles. The van der Waals surface area contributed by atoms with Crippen LogP contribution in [0.4, 0.5) is 0 Å². The number of carbonyl (C=O) groups is 1. The van der Waals surface area contributed by atoms with Crippen LogP contribution in [0.25, 0.3) is 5.65 Å². The van der Waals surface area contributed by atoms with Crippen LogP contribution in [-0.2, 0) is 17.9 Å². The summed E-state index contributed by atoms with van der Waals surface area (Å²) in [5.41, 5.74) is 0.124. The molecule has 10 heteroatoms. The smallest absolute Gasteiger partial charge is 0.347 e. The van der Waals surface area contributed by atoms with E-state index in [2.05, 4.69) is 31.0 Å². The zero-order chi connectivity index (χ0) is 13.9. The molecule has 10 nitrogen and oxygen atoms in total. The molecule has 3 aromatic rings. The largest absolute Gasteiger partial charge is 0.350 e. The Hall–Kier alpha value is -3.04. The number of nitrogens with zero attached hydrogens (tertiary/aromatic N) is 6. The molecule has 0 saturated heterocycles. The predicted octanol–water partition coefficient (Wildman–Crippen LogP) is -1.67. The van der Waals surface area contributed by atoms with Crippen molar-refractivity contribution >= 4 is 11.6 Å². The SMILES string of the molecule is O=C(Cn1nc2ccccn2c1=O)NCc1nn[nH]n1. The van der Waals surface area contributed by atoms with E-state index in [0.717, 1.165) is 4.68 Å². The van der Waals surface area contributed by atoms with E-state index in [0.29, 0.717) is 11.5 Å². The lowest BCUT2D eigenvalue weighted by molar-refractivity contribution is -0.122. The van der Waals surface area contributed by atoms with Crippen LogP contribution in [-0.4, -0.2) is 40.7 Å². The summed E-state index contributed by atoms with van der Waals surface area (Å²) in [6.45, 7) is -0.0319. The van der Waals surface area contributed by atoms with Gasteiger partial charge >= 0.3 is 5.69 Å². The molecule has 0 aliphatic rings. The van der Waals surface area contributed by atoms with Crippen LogP contribution in [0.15, 0.2) is 29.2 Å². The molecule has 0 fully saturated rings. The first kappa shape index (κ1) is 12.0. The second kappa shape index (κ2) is 4.91. The quantitative estimate of drug-likeness (QED) is 0.586. The number of H-pyrrole nitrogens is 1. The first-order valence-corrected chi connectivity index (χ1v) is 5.77. The van der Waals surface area contributed by atoms with E-state index < -0.39 is 0 Å². The van der Waals surface area contributed by atoms with Crippen LogP contribution in [0.5, 0.6) is 0 Å². The van der Waals surface area contributed by atoms with Gasteiger partial charge in [0.05, 0.1) is 6.54 Å². The summed E-state index contributed by atoms with van der Waals surface area (Å²) in [4.78, 5) is 23.7. The number of aromatic nitrogens is 7. The Morgan fingerprint density at radius 1 is 1.40 bits per heavy atom. The molecule has 0 aliphatic heterocycles. The number of carbonyl (C=O) groups excluding carboxylic acids is 1. The number of rotatable bonds is 4. The van der Waals surface area contributed by atoms with Gasteiger partial charge in [-0.05, 0) is 12.1 Å². The van der Waals surface area contributed by atoms with Crippen molar-refractivity contribution in [2.24, 2.45) is 0 Å². The minimum absolute atomic E-state index is 0.136. The minimum atomic E-state index is -0.365. The van der Waals surface area contributed by atoms with Crippen molar-refractivity contribution in [3.05, 3.63) is 40.7 Å². The van der Waals surface area contributed by atoms with E-state index >= 15 is 0 Å². The van der Waals surface area contributed by atoms with Crippen molar-refractivity contribution in [1.29, 1.82) is 0 Å². The van der Waals surface area contributed by atoms with Crippen LogP contribution in [0, 0.1) is 0 Å². The highest BCUT2D eigenvalue weighted by Gasteiger charge is 2.10. The van der Waals surface area contributed by atoms with E-state index in [4.69, 9.17) is 0 Å². The van der Waals surface area contributed by atoms with E-state index in [9.17, 15) is 9.59 Å². The molecule has 102 valence electrons. The monoisotopic (exact) mass is 274 g/mol. The molecule has 0 unspecified atom stereocenters. The topological polar surface area (TPSA) is 123 Å². The molecule has 0 atom stereocenters. The van der Waals surface area contributed by atoms with Crippen molar-refractivity contribution in [2.75, 3.05) is 0 Å². The molecule has 0 aromatic carbocycles. The molecular formula is C10H10N8O2. The third-order valence-electron chi connectivity index (χ3n) is 2.61. The van der Waals surface area contributed by atoms with E-state index in [-0.39, 0.29) is 24.7 Å². The Kier molecular flexibility index (Phi) is 2.95. The number of nitrogens with one attached hydrogen (secondary N) is 2. The zero-order valence-corrected chi connectivity index (χ0v) is 10.2. The fourth-order valence-electron chi connectivity index (χ4n) is 1.70. The van der Waals surface area contributed by atoms with Gasteiger partial charge in [-0.2, -0.15) is 5.21 Å². The molecule has 0 radical (unpaired) electrons. The number of pyridine rings is 1. The Labute approximate surface area is 111 Å². The zero-order valence-electron chi connectivity index (χ0n) is 10.2. The molecular weight excluding hydrogens is 264 g/mol. The highest BCUT2D eigenvalue weighted by atomic mass is 16.2. The Morgan fingerprint density at radius 2 is 2.30 bits per heavy atom. The second-order valence-electron chi connectivity index (χ2n) is 3.97.